The quantitative estimate of drug-likeness (QED) is 0.768. The molecule has 1 N–H and O–H groups in total. The van der Waals surface area contributed by atoms with Crippen LogP contribution in [0.3, 0.4) is 0 Å². The monoisotopic (exact) mass is 360 g/mol. The molecule has 0 unspecified atom stereocenters. The maximum absolute atomic E-state index is 13.7. The zero-order valence-corrected chi connectivity index (χ0v) is 14.1. The molecule has 4 nitrogen and oxygen atoms in total. The van der Waals surface area contributed by atoms with E-state index in [0.29, 0.717) is 22.2 Å². The number of carbonyl (C=O) groups is 1. The SMILES string of the molecule is COc1c(F)cc(CNC(=O)c2cc(C)nc3cc(F)ccc23)cc1F. The van der Waals surface area contributed by atoms with Crippen molar-refractivity contribution in [1.29, 1.82) is 0 Å². The molecule has 3 rings (SSSR count). The number of nitrogens with one attached hydrogen (secondary N) is 1. The Kier molecular flexibility index (Phi) is 4.79. The van der Waals surface area contributed by atoms with E-state index >= 15 is 0 Å². The van der Waals surface area contributed by atoms with Gasteiger partial charge in [-0.25, -0.2) is 13.2 Å². The molecule has 3 aromatic rings. The molecule has 0 aliphatic rings. The average molecular weight is 360 g/mol. The molecule has 0 aliphatic heterocycles. The van der Waals surface area contributed by atoms with Crippen molar-refractivity contribution in [3.63, 3.8) is 0 Å². The summed E-state index contributed by atoms with van der Waals surface area (Å²) in [4.78, 5) is 16.7. The Morgan fingerprint density at radius 1 is 1.12 bits per heavy atom. The number of amides is 1. The number of hydrogen-bond donors (Lipinski definition) is 1. The second-order valence-electron chi connectivity index (χ2n) is 5.75. The van der Waals surface area contributed by atoms with E-state index in [1.54, 1.807) is 13.0 Å². The predicted octanol–water partition coefficient (Wildman–Crippen LogP) is 3.90. The van der Waals surface area contributed by atoms with Crippen LogP contribution in [0.5, 0.6) is 5.75 Å². The Bertz CT molecular complexity index is 977. The van der Waals surface area contributed by atoms with Crippen molar-refractivity contribution in [2.24, 2.45) is 0 Å². The lowest BCUT2D eigenvalue weighted by atomic mass is 10.1. The Morgan fingerprint density at radius 2 is 1.81 bits per heavy atom. The van der Waals surface area contributed by atoms with Gasteiger partial charge in [-0.3, -0.25) is 9.78 Å². The molecule has 0 fully saturated rings. The Labute approximate surface area is 147 Å². The number of aryl methyl sites for hydroxylation is 1. The number of rotatable bonds is 4. The summed E-state index contributed by atoms with van der Waals surface area (Å²) >= 11 is 0. The average Bonchev–Trinajstić information content (AvgIpc) is 2.58. The fourth-order valence-corrected chi connectivity index (χ4v) is 2.71. The van der Waals surface area contributed by atoms with Gasteiger partial charge in [0.1, 0.15) is 5.82 Å². The van der Waals surface area contributed by atoms with Gasteiger partial charge in [0.15, 0.2) is 17.4 Å². The van der Waals surface area contributed by atoms with Crippen LogP contribution in [0.15, 0.2) is 36.4 Å². The third-order valence-corrected chi connectivity index (χ3v) is 3.86. The molecular formula is C19H15F3N2O2. The summed E-state index contributed by atoms with van der Waals surface area (Å²) in [5, 5.41) is 3.09. The Hall–Kier alpha value is -3.09. The highest BCUT2D eigenvalue weighted by atomic mass is 19.1. The van der Waals surface area contributed by atoms with Crippen molar-refractivity contribution in [2.45, 2.75) is 13.5 Å². The van der Waals surface area contributed by atoms with Crippen LogP contribution in [0, 0.1) is 24.4 Å². The van der Waals surface area contributed by atoms with Crippen LogP contribution in [0.1, 0.15) is 21.6 Å². The van der Waals surface area contributed by atoms with E-state index in [0.717, 1.165) is 12.1 Å². The summed E-state index contributed by atoms with van der Waals surface area (Å²) in [5.41, 5.74) is 1.46. The summed E-state index contributed by atoms with van der Waals surface area (Å²) in [6.45, 7) is 1.61. The van der Waals surface area contributed by atoms with Gasteiger partial charge in [0.25, 0.3) is 5.91 Å². The molecular weight excluding hydrogens is 345 g/mol. The van der Waals surface area contributed by atoms with Crippen molar-refractivity contribution in [3.8, 4) is 5.75 Å². The maximum atomic E-state index is 13.7. The van der Waals surface area contributed by atoms with Crippen molar-refractivity contribution < 1.29 is 22.7 Å². The normalized spacial score (nSPS) is 10.8. The van der Waals surface area contributed by atoms with Crippen molar-refractivity contribution in [3.05, 3.63) is 70.7 Å². The summed E-state index contributed by atoms with van der Waals surface area (Å²) in [5.74, 6) is -3.08. The summed E-state index contributed by atoms with van der Waals surface area (Å²) in [6, 6.07) is 7.71. The molecule has 0 bridgehead atoms. The first-order valence-electron chi connectivity index (χ1n) is 7.76. The third-order valence-electron chi connectivity index (χ3n) is 3.86. The zero-order valence-electron chi connectivity index (χ0n) is 14.1. The van der Waals surface area contributed by atoms with Gasteiger partial charge in [-0.2, -0.15) is 0 Å². The number of hydrogen-bond acceptors (Lipinski definition) is 3. The smallest absolute Gasteiger partial charge is 0.252 e. The minimum atomic E-state index is -0.850. The Morgan fingerprint density at radius 3 is 2.46 bits per heavy atom. The molecule has 0 aliphatic carbocycles. The van der Waals surface area contributed by atoms with Gasteiger partial charge in [0.05, 0.1) is 18.2 Å². The van der Waals surface area contributed by atoms with E-state index in [1.165, 1.54) is 25.3 Å². The molecule has 0 atom stereocenters. The molecule has 0 spiro atoms. The Balaban J connectivity index is 1.86. The molecule has 0 saturated heterocycles. The van der Waals surface area contributed by atoms with E-state index in [1.807, 2.05) is 0 Å². The molecule has 7 heteroatoms. The topological polar surface area (TPSA) is 51.2 Å². The first-order chi connectivity index (χ1) is 12.4. The van der Waals surface area contributed by atoms with Gasteiger partial charge >= 0.3 is 0 Å². The summed E-state index contributed by atoms with van der Waals surface area (Å²) in [7, 11) is 1.17. The van der Waals surface area contributed by atoms with E-state index < -0.39 is 29.1 Å². The van der Waals surface area contributed by atoms with Gasteiger partial charge in [-0.05, 0) is 42.8 Å². The van der Waals surface area contributed by atoms with E-state index in [-0.39, 0.29) is 12.1 Å². The fraction of sp³-hybridized carbons (Fsp3) is 0.158. The molecule has 134 valence electrons. The number of benzene rings is 2. The number of carbonyl (C=O) groups excluding carboxylic acids is 1. The van der Waals surface area contributed by atoms with Crippen LogP contribution in [0.2, 0.25) is 0 Å². The molecule has 1 amide bonds. The van der Waals surface area contributed by atoms with Gasteiger partial charge < -0.3 is 10.1 Å². The molecule has 1 heterocycles. The van der Waals surface area contributed by atoms with Crippen molar-refractivity contribution >= 4 is 16.8 Å². The van der Waals surface area contributed by atoms with Gasteiger partial charge in [-0.1, -0.05) is 0 Å². The predicted molar refractivity (Wildman–Crippen MR) is 90.5 cm³/mol. The molecule has 1 aromatic heterocycles. The maximum Gasteiger partial charge on any atom is 0.252 e. The third kappa shape index (κ3) is 3.46. The first-order valence-corrected chi connectivity index (χ1v) is 7.76. The largest absolute Gasteiger partial charge is 0.491 e. The van der Waals surface area contributed by atoms with Gasteiger partial charge in [0.2, 0.25) is 0 Å². The number of aromatic nitrogens is 1. The number of nitrogens with zero attached hydrogens (tertiary/aromatic N) is 1. The van der Waals surface area contributed by atoms with Crippen molar-refractivity contribution in [1.82, 2.24) is 10.3 Å². The number of methoxy groups -OCH3 is 1. The lowest BCUT2D eigenvalue weighted by molar-refractivity contribution is 0.0952. The number of pyridine rings is 1. The van der Waals surface area contributed by atoms with E-state index in [4.69, 9.17) is 0 Å². The lowest BCUT2D eigenvalue weighted by Gasteiger charge is -2.10. The highest BCUT2D eigenvalue weighted by molar-refractivity contribution is 6.06. The van der Waals surface area contributed by atoms with Gasteiger partial charge in [0, 0.05) is 23.7 Å². The summed E-state index contributed by atoms with van der Waals surface area (Å²) < 4.78 is 45.5. The van der Waals surface area contributed by atoms with E-state index in [9.17, 15) is 18.0 Å². The van der Waals surface area contributed by atoms with Crippen molar-refractivity contribution in [2.75, 3.05) is 7.11 Å². The highest BCUT2D eigenvalue weighted by Gasteiger charge is 2.15. The molecule has 0 radical (unpaired) electrons. The first kappa shape index (κ1) is 17.7. The number of halogens is 3. The lowest BCUT2D eigenvalue weighted by Crippen LogP contribution is -2.23. The number of fused-ring (bicyclic) bond motifs is 1. The molecule has 2 aromatic carbocycles. The van der Waals surface area contributed by atoms with Crippen LogP contribution in [0.4, 0.5) is 13.2 Å². The van der Waals surface area contributed by atoms with Crippen LogP contribution in [-0.4, -0.2) is 18.0 Å². The highest BCUT2D eigenvalue weighted by Crippen LogP contribution is 2.23. The zero-order chi connectivity index (χ0) is 18.8. The molecule has 0 saturated carbocycles. The van der Waals surface area contributed by atoms with Gasteiger partial charge in [-0.15, -0.1) is 0 Å². The minimum absolute atomic E-state index is 0.0826. The van der Waals surface area contributed by atoms with E-state index in [2.05, 4.69) is 15.0 Å². The molecule has 26 heavy (non-hydrogen) atoms. The number of ether oxygens (including phenoxy) is 1. The van der Waals surface area contributed by atoms with Crippen LogP contribution >= 0.6 is 0 Å². The second kappa shape index (κ2) is 7.03. The van der Waals surface area contributed by atoms with Crippen LogP contribution in [0.25, 0.3) is 10.9 Å². The fourth-order valence-electron chi connectivity index (χ4n) is 2.71. The minimum Gasteiger partial charge on any atom is -0.491 e. The standard InChI is InChI=1S/C19H15F3N2O2/c1-10-5-14(13-4-3-12(20)8-17(13)24-10)19(25)23-9-11-6-15(21)18(26-2)16(22)7-11/h3-8H,9H2,1-2H3,(H,23,25). The summed E-state index contributed by atoms with van der Waals surface area (Å²) in [6.07, 6.45) is 0. The van der Waals surface area contributed by atoms with Crippen LogP contribution < -0.4 is 10.1 Å². The second-order valence-corrected chi connectivity index (χ2v) is 5.75. The van der Waals surface area contributed by atoms with Crippen LogP contribution in [-0.2, 0) is 6.54 Å².